The molecule has 1 aliphatic heterocycles. The average Bonchev–Trinajstić information content (AvgIpc) is 2.79. The van der Waals surface area contributed by atoms with E-state index in [0.717, 1.165) is 30.5 Å². The second-order valence-electron chi connectivity index (χ2n) is 8.00. The van der Waals surface area contributed by atoms with E-state index in [-0.39, 0.29) is 11.5 Å². The van der Waals surface area contributed by atoms with Gasteiger partial charge in [0.25, 0.3) is 0 Å². The number of hydrogen-bond donors (Lipinski definition) is 0. The Labute approximate surface area is 189 Å². The van der Waals surface area contributed by atoms with Crippen molar-refractivity contribution in [1.29, 1.82) is 0 Å². The summed E-state index contributed by atoms with van der Waals surface area (Å²) in [4.78, 5) is 29.8. The first-order valence-electron chi connectivity index (χ1n) is 10.6. The zero-order valence-electron chi connectivity index (χ0n) is 18.9. The summed E-state index contributed by atoms with van der Waals surface area (Å²) < 4.78 is 15.1. The second-order valence-corrected chi connectivity index (χ2v) is 8.00. The number of hydrogen-bond acceptors (Lipinski definition) is 7. The highest BCUT2D eigenvalue weighted by Gasteiger charge is 2.44. The number of ketones is 1. The predicted octanol–water partition coefficient (Wildman–Crippen LogP) is 3.63. The summed E-state index contributed by atoms with van der Waals surface area (Å²) in [5, 5.41) is 0. The van der Waals surface area contributed by atoms with Crippen molar-refractivity contribution in [2.75, 3.05) is 46.9 Å². The normalized spacial score (nSPS) is 16.2. The molecule has 32 heavy (non-hydrogen) atoms. The van der Waals surface area contributed by atoms with Gasteiger partial charge in [-0.2, -0.15) is 0 Å². The van der Waals surface area contributed by atoms with Crippen LogP contribution in [0.1, 0.15) is 21.5 Å². The molecule has 7 nitrogen and oxygen atoms in total. The van der Waals surface area contributed by atoms with Crippen LogP contribution in [0, 0.1) is 6.92 Å². The van der Waals surface area contributed by atoms with Crippen LogP contribution >= 0.6 is 0 Å². The zero-order valence-corrected chi connectivity index (χ0v) is 18.9. The van der Waals surface area contributed by atoms with E-state index in [1.54, 1.807) is 24.3 Å². The molecule has 3 rings (SSSR count). The lowest BCUT2D eigenvalue weighted by atomic mass is 9.80. The minimum Gasteiger partial charge on any atom is -0.403 e. The van der Waals surface area contributed by atoms with Gasteiger partial charge >= 0.3 is 6.16 Å². The number of nitrogens with zero attached hydrogens (tertiary/aromatic N) is 2. The summed E-state index contributed by atoms with van der Waals surface area (Å²) in [6.45, 7) is 8.73. The molecule has 170 valence electrons. The van der Waals surface area contributed by atoms with Gasteiger partial charge in [0.05, 0.1) is 19.5 Å². The van der Waals surface area contributed by atoms with Crippen molar-refractivity contribution in [3.8, 4) is 5.75 Å². The van der Waals surface area contributed by atoms with E-state index in [2.05, 4.69) is 16.2 Å². The molecule has 0 N–H and O–H groups in total. The number of morpholine rings is 1. The number of aryl methyl sites for hydroxylation is 1. The monoisotopic (exact) mass is 438 g/mol. The lowest BCUT2D eigenvalue weighted by Crippen LogP contribution is -2.57. The van der Waals surface area contributed by atoms with E-state index in [4.69, 9.17) is 9.47 Å². The molecule has 0 saturated carbocycles. The van der Waals surface area contributed by atoms with Crippen molar-refractivity contribution in [3.05, 3.63) is 78.1 Å². The first-order valence-corrected chi connectivity index (χ1v) is 10.6. The summed E-state index contributed by atoms with van der Waals surface area (Å²) in [5.74, 6) is 0.255. The largest absolute Gasteiger partial charge is 0.518 e. The van der Waals surface area contributed by atoms with Gasteiger partial charge in [0.15, 0.2) is 5.78 Å². The SMILES string of the molecule is C=COC(=O)Oc1ccc(C(=O)C(CN2CCOCC2)(c2ccc(C)cc2)N(C)C)cc1. The predicted molar refractivity (Wildman–Crippen MR) is 122 cm³/mol. The Kier molecular flexibility index (Phi) is 7.80. The third-order valence-corrected chi connectivity index (χ3v) is 5.72. The minimum absolute atomic E-state index is 0.0296. The highest BCUT2D eigenvalue weighted by Crippen LogP contribution is 2.33. The van der Waals surface area contributed by atoms with E-state index in [9.17, 15) is 9.59 Å². The number of carbonyl (C=O) groups is 2. The topological polar surface area (TPSA) is 68.3 Å². The summed E-state index contributed by atoms with van der Waals surface area (Å²) in [6.07, 6.45) is 0.118. The maximum atomic E-state index is 14.1. The van der Waals surface area contributed by atoms with E-state index in [1.807, 2.05) is 50.2 Å². The van der Waals surface area contributed by atoms with Gasteiger partial charge in [-0.25, -0.2) is 4.79 Å². The third-order valence-electron chi connectivity index (χ3n) is 5.72. The van der Waals surface area contributed by atoms with E-state index in [0.29, 0.717) is 25.3 Å². The van der Waals surface area contributed by atoms with Crippen molar-refractivity contribution in [3.63, 3.8) is 0 Å². The Hall–Kier alpha value is -3.00. The van der Waals surface area contributed by atoms with Crippen LogP contribution in [0.15, 0.2) is 61.4 Å². The summed E-state index contributed by atoms with van der Waals surface area (Å²) in [7, 11) is 3.86. The van der Waals surface area contributed by atoms with Gasteiger partial charge in [0, 0.05) is 25.2 Å². The number of rotatable bonds is 8. The van der Waals surface area contributed by atoms with Crippen molar-refractivity contribution in [1.82, 2.24) is 9.80 Å². The number of Topliss-reactive ketones (excluding diaryl/α,β-unsaturated/α-hetero) is 1. The van der Waals surface area contributed by atoms with Crippen molar-refractivity contribution in [2.45, 2.75) is 12.5 Å². The molecular weight excluding hydrogens is 408 g/mol. The van der Waals surface area contributed by atoms with Gasteiger partial charge in [-0.05, 0) is 50.8 Å². The first-order chi connectivity index (χ1) is 15.4. The molecular formula is C25H30N2O5. The number of ether oxygens (including phenoxy) is 3. The number of benzene rings is 2. The average molecular weight is 439 g/mol. The Morgan fingerprint density at radius 2 is 1.72 bits per heavy atom. The quantitative estimate of drug-likeness (QED) is 0.270. The zero-order chi connectivity index (χ0) is 23.1. The van der Waals surface area contributed by atoms with Gasteiger partial charge in [-0.1, -0.05) is 36.4 Å². The highest BCUT2D eigenvalue weighted by atomic mass is 16.7. The third kappa shape index (κ3) is 5.24. The molecule has 2 aromatic carbocycles. The minimum atomic E-state index is -0.894. The molecule has 2 aromatic rings. The van der Waals surface area contributed by atoms with E-state index >= 15 is 0 Å². The van der Waals surface area contributed by atoms with Crippen LogP contribution in [0.4, 0.5) is 4.79 Å². The lowest BCUT2D eigenvalue weighted by Gasteiger charge is -2.43. The van der Waals surface area contributed by atoms with Crippen molar-refractivity contribution in [2.24, 2.45) is 0 Å². The fourth-order valence-electron chi connectivity index (χ4n) is 3.91. The molecule has 1 heterocycles. The lowest BCUT2D eigenvalue weighted by molar-refractivity contribution is 0.00686. The second kappa shape index (κ2) is 10.5. The fraction of sp³-hybridized carbons (Fsp3) is 0.360. The van der Waals surface area contributed by atoms with Crippen LogP contribution in [0.2, 0.25) is 0 Å². The molecule has 1 unspecified atom stereocenters. The molecule has 0 bridgehead atoms. The molecule has 0 amide bonds. The summed E-state index contributed by atoms with van der Waals surface area (Å²) in [6, 6.07) is 14.6. The Morgan fingerprint density at radius 1 is 1.09 bits per heavy atom. The molecule has 0 spiro atoms. The van der Waals surface area contributed by atoms with Crippen molar-refractivity contribution < 1.29 is 23.8 Å². The Morgan fingerprint density at radius 3 is 2.28 bits per heavy atom. The van der Waals surface area contributed by atoms with Crippen LogP contribution in [-0.4, -0.2) is 68.7 Å². The van der Waals surface area contributed by atoms with Gasteiger partial charge in [0.1, 0.15) is 11.3 Å². The molecule has 0 aliphatic carbocycles. The molecule has 1 aliphatic rings. The van der Waals surface area contributed by atoms with Crippen LogP contribution in [0.5, 0.6) is 5.75 Å². The smallest absolute Gasteiger partial charge is 0.403 e. The van der Waals surface area contributed by atoms with Gasteiger partial charge < -0.3 is 14.2 Å². The Bertz CT molecular complexity index is 934. The molecule has 0 aromatic heterocycles. The first kappa shape index (κ1) is 23.7. The fourth-order valence-corrected chi connectivity index (χ4v) is 3.91. The highest BCUT2D eigenvalue weighted by molar-refractivity contribution is 6.04. The van der Waals surface area contributed by atoms with Crippen LogP contribution in [0.3, 0.4) is 0 Å². The van der Waals surface area contributed by atoms with Gasteiger partial charge in [-0.15, -0.1) is 0 Å². The van der Waals surface area contributed by atoms with Gasteiger partial charge in [-0.3, -0.25) is 14.6 Å². The molecule has 0 radical (unpaired) electrons. The van der Waals surface area contributed by atoms with Crippen molar-refractivity contribution >= 4 is 11.9 Å². The number of likely N-dealkylation sites (N-methyl/N-ethyl adjacent to an activating group) is 1. The summed E-state index contributed by atoms with van der Waals surface area (Å²) in [5.41, 5.74) is 1.69. The maximum Gasteiger partial charge on any atom is 0.518 e. The van der Waals surface area contributed by atoms with Gasteiger partial charge in [0.2, 0.25) is 0 Å². The van der Waals surface area contributed by atoms with E-state index < -0.39 is 11.7 Å². The molecule has 1 atom stereocenters. The molecule has 7 heteroatoms. The molecule has 1 saturated heterocycles. The Balaban J connectivity index is 1.97. The maximum absolute atomic E-state index is 14.1. The molecule has 1 fully saturated rings. The van der Waals surface area contributed by atoms with E-state index in [1.165, 1.54) is 0 Å². The summed E-state index contributed by atoms with van der Waals surface area (Å²) >= 11 is 0. The standard InChI is InChI=1S/C25H30N2O5/c1-5-31-24(29)32-22-12-8-20(9-13-22)23(28)25(26(3)4,18-27-14-16-30-17-15-27)21-10-6-19(2)7-11-21/h5-13H,1,14-18H2,2-4H3. The number of carbonyl (C=O) groups excluding carboxylic acids is 2. The van der Waals surface area contributed by atoms with Crippen LogP contribution in [0.25, 0.3) is 0 Å². The van der Waals surface area contributed by atoms with Crippen LogP contribution in [-0.2, 0) is 15.0 Å². The van der Waals surface area contributed by atoms with Crippen LogP contribution < -0.4 is 4.74 Å².